The Morgan fingerprint density at radius 1 is 1.35 bits per heavy atom. The van der Waals surface area contributed by atoms with E-state index in [1.807, 2.05) is 6.07 Å². The summed E-state index contributed by atoms with van der Waals surface area (Å²) in [6, 6.07) is 3.02. The molecule has 0 saturated carbocycles. The van der Waals surface area contributed by atoms with Gasteiger partial charge in [0, 0.05) is 29.3 Å². The molecular formula is C16H14ClF3N4OS. The summed E-state index contributed by atoms with van der Waals surface area (Å²) >= 11 is 1.26. The van der Waals surface area contributed by atoms with Crippen LogP contribution in [0.4, 0.5) is 13.2 Å². The zero-order chi connectivity index (χ0) is 18.2. The molecule has 2 aromatic heterocycles. The molecule has 0 spiro atoms. The largest absolute Gasteiger partial charge is 0.453 e. The van der Waals surface area contributed by atoms with E-state index in [1.165, 1.54) is 17.5 Å². The molecule has 138 valence electrons. The summed E-state index contributed by atoms with van der Waals surface area (Å²) in [6.07, 6.45) is -1.81. The lowest BCUT2D eigenvalue weighted by Gasteiger charge is -2.36. The van der Waals surface area contributed by atoms with Gasteiger partial charge >= 0.3 is 6.18 Å². The summed E-state index contributed by atoms with van der Waals surface area (Å²) in [4.78, 5) is 7.95. The summed E-state index contributed by atoms with van der Waals surface area (Å²) in [6.45, 7) is 1.56. The molecular weight excluding hydrogens is 389 g/mol. The Labute approximate surface area is 157 Å². The Kier molecular flexibility index (Phi) is 5.49. The maximum absolute atomic E-state index is 13.1. The Morgan fingerprint density at radius 3 is 2.73 bits per heavy atom. The summed E-state index contributed by atoms with van der Waals surface area (Å²) < 4.78 is 44.7. The molecule has 0 unspecified atom stereocenters. The number of amidine groups is 1. The molecule has 0 bridgehead atoms. The third-order valence-corrected chi connectivity index (χ3v) is 5.07. The molecule has 2 atom stereocenters. The highest BCUT2D eigenvalue weighted by Crippen LogP contribution is 2.43. The third-order valence-electron chi connectivity index (χ3n) is 3.89. The minimum Gasteiger partial charge on any atom is -0.453 e. The molecule has 3 heterocycles. The summed E-state index contributed by atoms with van der Waals surface area (Å²) in [5, 5.41) is 10.7. The van der Waals surface area contributed by atoms with Gasteiger partial charge in [-0.2, -0.15) is 18.4 Å². The topological polar surface area (TPSA) is 84.3 Å². The second kappa shape index (κ2) is 7.13. The van der Waals surface area contributed by atoms with Crippen molar-refractivity contribution in [2.75, 3.05) is 0 Å². The van der Waals surface area contributed by atoms with Crippen molar-refractivity contribution in [3.8, 4) is 17.2 Å². The van der Waals surface area contributed by atoms with Gasteiger partial charge in [0.25, 0.3) is 6.02 Å². The number of hydrogen-bond donors (Lipinski definition) is 1. The molecule has 0 amide bonds. The van der Waals surface area contributed by atoms with E-state index in [4.69, 9.17) is 15.7 Å². The highest BCUT2D eigenvalue weighted by atomic mass is 35.5. The van der Waals surface area contributed by atoms with E-state index in [2.05, 4.69) is 9.98 Å². The van der Waals surface area contributed by atoms with E-state index in [0.29, 0.717) is 16.0 Å². The lowest BCUT2D eigenvalue weighted by molar-refractivity contribution is -0.163. The highest BCUT2D eigenvalue weighted by molar-refractivity contribution is 7.10. The normalized spacial score (nSPS) is 22.6. The standard InChI is InChI=1S/C16H13F3N4OS.ClH/c1-15(4-12(16(17,18)19)23-14(21)24-15)13-3-11(8-25-13)10-2-9(5-20)6-22-7-10;/h2-3,6-8,12H,4H2,1H3,(H2,21,23);1H/t12-,15-;/m0./s1. The molecule has 2 aromatic rings. The van der Waals surface area contributed by atoms with Crippen LogP contribution in [0.2, 0.25) is 0 Å². The number of nitriles is 1. The number of aromatic nitrogens is 1. The average Bonchev–Trinajstić information content (AvgIpc) is 3.04. The Bertz CT molecular complexity index is 877. The summed E-state index contributed by atoms with van der Waals surface area (Å²) in [5.74, 6) is 0. The zero-order valence-electron chi connectivity index (χ0n) is 13.4. The van der Waals surface area contributed by atoms with Crippen molar-refractivity contribution in [3.63, 3.8) is 0 Å². The van der Waals surface area contributed by atoms with Gasteiger partial charge < -0.3 is 10.5 Å². The molecule has 0 saturated heterocycles. The van der Waals surface area contributed by atoms with Crippen molar-refractivity contribution in [1.29, 1.82) is 5.26 Å². The molecule has 3 rings (SSSR count). The molecule has 5 nitrogen and oxygen atoms in total. The Morgan fingerprint density at radius 2 is 2.08 bits per heavy atom. The van der Waals surface area contributed by atoms with E-state index in [1.54, 1.807) is 30.6 Å². The Hall–Kier alpha value is -2.31. The fraction of sp³-hybridized carbons (Fsp3) is 0.312. The van der Waals surface area contributed by atoms with Crippen molar-refractivity contribution in [3.05, 3.63) is 40.3 Å². The number of alkyl halides is 3. The van der Waals surface area contributed by atoms with Crippen LogP contribution in [0.3, 0.4) is 0 Å². The third kappa shape index (κ3) is 3.92. The second-order valence-electron chi connectivity index (χ2n) is 5.84. The van der Waals surface area contributed by atoms with Crippen LogP contribution >= 0.6 is 23.7 Å². The van der Waals surface area contributed by atoms with Gasteiger partial charge in [0.2, 0.25) is 0 Å². The van der Waals surface area contributed by atoms with Crippen molar-refractivity contribution in [2.24, 2.45) is 10.7 Å². The van der Waals surface area contributed by atoms with Gasteiger partial charge in [-0.1, -0.05) is 0 Å². The number of halogens is 4. The first-order chi connectivity index (χ1) is 11.7. The number of aliphatic imine (C=N–C) groups is 1. The first-order valence-corrected chi connectivity index (χ1v) is 8.13. The molecule has 0 aromatic carbocycles. The molecule has 0 aliphatic carbocycles. The number of thiophene rings is 1. The number of pyridine rings is 1. The van der Waals surface area contributed by atoms with Gasteiger partial charge in [-0.3, -0.25) is 4.98 Å². The molecule has 0 fully saturated rings. The lowest BCUT2D eigenvalue weighted by Crippen LogP contribution is -2.45. The quantitative estimate of drug-likeness (QED) is 0.823. The first-order valence-electron chi connectivity index (χ1n) is 7.25. The van der Waals surface area contributed by atoms with Crippen LogP contribution in [0.1, 0.15) is 23.8 Å². The van der Waals surface area contributed by atoms with Gasteiger partial charge in [0.1, 0.15) is 11.7 Å². The maximum atomic E-state index is 13.1. The zero-order valence-corrected chi connectivity index (χ0v) is 15.1. The molecule has 10 heteroatoms. The van der Waals surface area contributed by atoms with E-state index in [-0.39, 0.29) is 18.8 Å². The van der Waals surface area contributed by atoms with Crippen LogP contribution in [0.15, 0.2) is 34.9 Å². The SMILES string of the molecule is C[C@@]1(c2cc(-c3cncc(C#N)c3)cs2)C[C@@H](C(F)(F)F)N=C(N)O1.Cl. The Balaban J connectivity index is 0.00000243. The van der Waals surface area contributed by atoms with Crippen LogP contribution in [-0.4, -0.2) is 23.2 Å². The number of ether oxygens (including phenoxy) is 1. The highest BCUT2D eigenvalue weighted by Gasteiger charge is 2.49. The molecule has 26 heavy (non-hydrogen) atoms. The number of nitrogens with two attached hydrogens (primary N) is 1. The number of rotatable bonds is 2. The minimum absolute atomic E-state index is 0. The van der Waals surface area contributed by atoms with Crippen LogP contribution < -0.4 is 5.73 Å². The van der Waals surface area contributed by atoms with Crippen molar-refractivity contribution in [1.82, 2.24) is 4.98 Å². The van der Waals surface area contributed by atoms with E-state index in [0.717, 1.165) is 5.56 Å². The lowest BCUT2D eigenvalue weighted by atomic mass is 9.93. The van der Waals surface area contributed by atoms with Crippen LogP contribution in [-0.2, 0) is 10.3 Å². The molecule has 0 radical (unpaired) electrons. The van der Waals surface area contributed by atoms with Crippen LogP contribution in [0, 0.1) is 11.3 Å². The van der Waals surface area contributed by atoms with Gasteiger partial charge in [-0.25, -0.2) is 4.99 Å². The average molecular weight is 403 g/mol. The van der Waals surface area contributed by atoms with Crippen LogP contribution in [0.25, 0.3) is 11.1 Å². The monoisotopic (exact) mass is 402 g/mol. The van der Waals surface area contributed by atoms with E-state index in [9.17, 15) is 13.2 Å². The maximum Gasteiger partial charge on any atom is 0.411 e. The summed E-state index contributed by atoms with van der Waals surface area (Å²) in [7, 11) is 0. The van der Waals surface area contributed by atoms with E-state index < -0.39 is 23.8 Å². The fourth-order valence-electron chi connectivity index (χ4n) is 2.63. The molecule has 1 aliphatic rings. The van der Waals surface area contributed by atoms with Gasteiger partial charge in [0.05, 0.1) is 5.56 Å². The smallest absolute Gasteiger partial charge is 0.411 e. The van der Waals surface area contributed by atoms with Crippen molar-refractivity contribution in [2.45, 2.75) is 31.2 Å². The van der Waals surface area contributed by atoms with Crippen molar-refractivity contribution >= 4 is 29.8 Å². The number of hydrogen-bond acceptors (Lipinski definition) is 6. The van der Waals surface area contributed by atoms with E-state index >= 15 is 0 Å². The molecule has 2 N–H and O–H groups in total. The van der Waals surface area contributed by atoms with Crippen molar-refractivity contribution < 1.29 is 17.9 Å². The van der Waals surface area contributed by atoms with Crippen LogP contribution in [0.5, 0.6) is 0 Å². The minimum atomic E-state index is -4.49. The van der Waals surface area contributed by atoms with Gasteiger partial charge in [-0.05, 0) is 30.0 Å². The fourth-order valence-corrected chi connectivity index (χ4v) is 3.66. The number of nitrogens with zero attached hydrogens (tertiary/aromatic N) is 3. The second-order valence-corrected chi connectivity index (χ2v) is 6.75. The van der Waals surface area contributed by atoms with Gasteiger partial charge in [-0.15, -0.1) is 23.7 Å². The predicted octanol–water partition coefficient (Wildman–Crippen LogP) is 3.98. The van der Waals surface area contributed by atoms with Gasteiger partial charge in [0.15, 0.2) is 6.04 Å². The molecule has 1 aliphatic heterocycles. The first kappa shape index (κ1) is 20.0. The summed E-state index contributed by atoms with van der Waals surface area (Å²) in [5.41, 5.74) is 6.10. The predicted molar refractivity (Wildman–Crippen MR) is 94.0 cm³/mol.